The Morgan fingerprint density at radius 2 is 1.54 bits per heavy atom. The van der Waals surface area contributed by atoms with Crippen molar-refractivity contribution in [2.75, 3.05) is 11.9 Å². The van der Waals surface area contributed by atoms with Crippen LogP contribution in [0, 0.1) is 0 Å². The van der Waals surface area contributed by atoms with Gasteiger partial charge in [0.25, 0.3) is 5.91 Å². The number of amides is 2. The Morgan fingerprint density at radius 3 is 2.20 bits per heavy atom. The van der Waals surface area contributed by atoms with E-state index in [1.807, 2.05) is 0 Å². The van der Waals surface area contributed by atoms with Gasteiger partial charge in [-0.15, -0.1) is 0 Å². The minimum absolute atomic E-state index is 0.272. The van der Waals surface area contributed by atoms with Gasteiger partial charge in [-0.2, -0.15) is 0 Å². The van der Waals surface area contributed by atoms with Crippen LogP contribution in [0.4, 0.5) is 5.69 Å². The van der Waals surface area contributed by atoms with E-state index in [1.165, 1.54) is 0 Å². The fourth-order valence-corrected chi connectivity index (χ4v) is 4.34. The number of ether oxygens (including phenoxy) is 6. The number of carbonyl (C=O) groups is 3. The van der Waals surface area contributed by atoms with E-state index in [1.54, 1.807) is 65.8 Å². The topological polar surface area (TPSA) is 131 Å². The molecular formula is C24H32N2O9. The smallest absolute Gasteiger partial charge is 0.338 e. The van der Waals surface area contributed by atoms with Gasteiger partial charge in [0.05, 0.1) is 12.2 Å². The van der Waals surface area contributed by atoms with Gasteiger partial charge in [-0.1, -0.05) is 0 Å². The summed E-state index contributed by atoms with van der Waals surface area (Å²) in [7, 11) is 0. The molecule has 0 unspecified atom stereocenters. The summed E-state index contributed by atoms with van der Waals surface area (Å²) in [4.78, 5) is 37.6. The summed E-state index contributed by atoms with van der Waals surface area (Å²) < 4.78 is 34.6. The standard InChI is InChI=1S/C24H32N2O9/c1-7-30-21(29)13-8-10-14(11-9-13)26-19(27)12(2)25-20(28)17-15-16(33-23(3,4)32-15)18-22(31-17)35-24(5,6)34-18/h8-12,15-18,22H,7H2,1-6H3,(H,25,28)(H,26,27)/t12-,15-,16+,17+,18-,22-/m1/s1. The molecule has 192 valence electrons. The summed E-state index contributed by atoms with van der Waals surface area (Å²) in [6.07, 6.45) is -3.77. The van der Waals surface area contributed by atoms with Gasteiger partial charge in [0.2, 0.25) is 5.91 Å². The third-order valence-electron chi connectivity index (χ3n) is 5.83. The lowest BCUT2D eigenvalue weighted by atomic mass is 9.98. The maximum absolute atomic E-state index is 13.2. The fraction of sp³-hybridized carbons (Fsp3) is 0.625. The lowest BCUT2D eigenvalue weighted by Gasteiger charge is -2.36. The molecule has 6 atom stereocenters. The molecule has 1 aromatic rings. The van der Waals surface area contributed by atoms with Crippen LogP contribution in [-0.2, 0) is 38.0 Å². The third-order valence-corrected chi connectivity index (χ3v) is 5.83. The molecule has 2 N–H and O–H groups in total. The number of rotatable bonds is 6. The molecule has 0 spiro atoms. The molecule has 0 saturated carbocycles. The number of hydrogen-bond acceptors (Lipinski definition) is 9. The molecule has 4 rings (SSSR count). The lowest BCUT2D eigenvalue weighted by molar-refractivity contribution is -0.231. The minimum atomic E-state index is -1.07. The Bertz CT molecular complexity index is 978. The van der Waals surface area contributed by atoms with Crippen LogP contribution in [-0.4, -0.2) is 72.7 Å². The number of nitrogens with one attached hydrogen (secondary N) is 2. The maximum Gasteiger partial charge on any atom is 0.338 e. The second kappa shape index (κ2) is 9.47. The van der Waals surface area contributed by atoms with Crippen molar-refractivity contribution in [2.45, 2.75) is 89.9 Å². The van der Waals surface area contributed by atoms with E-state index in [0.29, 0.717) is 11.3 Å². The summed E-state index contributed by atoms with van der Waals surface area (Å²) in [6, 6.07) is 5.37. The van der Waals surface area contributed by atoms with E-state index in [-0.39, 0.29) is 6.61 Å². The highest BCUT2D eigenvalue weighted by Gasteiger charge is 2.62. The average Bonchev–Trinajstić information content (AvgIpc) is 3.27. The Hall–Kier alpha value is -2.57. The number of carbonyl (C=O) groups excluding carboxylic acids is 3. The van der Waals surface area contributed by atoms with Crippen molar-refractivity contribution in [2.24, 2.45) is 0 Å². The monoisotopic (exact) mass is 492 g/mol. The predicted octanol–water partition coefficient (Wildman–Crippen LogP) is 1.70. The van der Waals surface area contributed by atoms with Crippen molar-refractivity contribution in [3.63, 3.8) is 0 Å². The fourth-order valence-electron chi connectivity index (χ4n) is 4.34. The molecule has 0 aliphatic carbocycles. The molecule has 11 nitrogen and oxygen atoms in total. The Balaban J connectivity index is 1.39. The molecule has 3 aliphatic rings. The third kappa shape index (κ3) is 5.49. The molecular weight excluding hydrogens is 460 g/mol. The molecule has 0 radical (unpaired) electrons. The van der Waals surface area contributed by atoms with E-state index in [4.69, 9.17) is 28.4 Å². The molecule has 3 aliphatic heterocycles. The first-order valence-electron chi connectivity index (χ1n) is 11.6. The van der Waals surface area contributed by atoms with Gasteiger partial charge in [0.15, 0.2) is 24.0 Å². The second-order valence-corrected chi connectivity index (χ2v) is 9.61. The number of benzene rings is 1. The highest BCUT2D eigenvalue weighted by molar-refractivity contribution is 5.98. The van der Waals surface area contributed by atoms with Crippen molar-refractivity contribution in [1.29, 1.82) is 0 Å². The van der Waals surface area contributed by atoms with Gasteiger partial charge in [-0.25, -0.2) is 4.79 Å². The zero-order chi connectivity index (χ0) is 25.5. The second-order valence-electron chi connectivity index (χ2n) is 9.61. The summed E-state index contributed by atoms with van der Waals surface area (Å²) in [5, 5.41) is 5.38. The van der Waals surface area contributed by atoms with E-state index >= 15 is 0 Å². The molecule has 0 bridgehead atoms. The van der Waals surface area contributed by atoms with Crippen LogP contribution in [0.2, 0.25) is 0 Å². The van der Waals surface area contributed by atoms with Gasteiger partial charge in [-0.3, -0.25) is 9.59 Å². The van der Waals surface area contributed by atoms with Crippen molar-refractivity contribution < 1.29 is 42.8 Å². The number of anilines is 1. The predicted molar refractivity (Wildman–Crippen MR) is 121 cm³/mol. The van der Waals surface area contributed by atoms with Gasteiger partial charge in [-0.05, 0) is 65.8 Å². The van der Waals surface area contributed by atoms with E-state index < -0.39 is 66.1 Å². The first-order chi connectivity index (χ1) is 16.4. The number of hydrogen-bond donors (Lipinski definition) is 2. The Labute approximate surface area is 203 Å². The molecule has 11 heteroatoms. The zero-order valence-electron chi connectivity index (χ0n) is 20.7. The molecule has 2 amide bonds. The van der Waals surface area contributed by atoms with Crippen molar-refractivity contribution in [1.82, 2.24) is 5.32 Å². The summed E-state index contributed by atoms with van der Waals surface area (Å²) in [5.74, 6) is -3.27. The molecule has 3 saturated heterocycles. The Kier molecular flexibility index (Phi) is 6.91. The zero-order valence-corrected chi connectivity index (χ0v) is 20.7. The molecule has 3 heterocycles. The van der Waals surface area contributed by atoms with Crippen LogP contribution >= 0.6 is 0 Å². The van der Waals surface area contributed by atoms with Crippen molar-refractivity contribution in [3.05, 3.63) is 29.8 Å². The summed E-state index contributed by atoms with van der Waals surface area (Å²) in [5.41, 5.74) is 0.838. The van der Waals surface area contributed by atoms with Gasteiger partial charge in [0, 0.05) is 5.69 Å². The number of esters is 1. The van der Waals surface area contributed by atoms with Crippen molar-refractivity contribution in [3.8, 4) is 0 Å². The van der Waals surface area contributed by atoms with Crippen LogP contribution in [0.25, 0.3) is 0 Å². The van der Waals surface area contributed by atoms with E-state index in [9.17, 15) is 14.4 Å². The van der Waals surface area contributed by atoms with E-state index in [2.05, 4.69) is 10.6 Å². The average molecular weight is 493 g/mol. The quantitative estimate of drug-likeness (QED) is 0.570. The molecule has 0 aromatic heterocycles. The highest BCUT2D eigenvalue weighted by atomic mass is 16.9. The van der Waals surface area contributed by atoms with Gasteiger partial charge in [0.1, 0.15) is 24.4 Å². The largest absolute Gasteiger partial charge is 0.462 e. The van der Waals surface area contributed by atoms with Crippen LogP contribution in [0.15, 0.2) is 24.3 Å². The first-order valence-corrected chi connectivity index (χ1v) is 11.6. The van der Waals surface area contributed by atoms with Crippen LogP contribution in [0.1, 0.15) is 51.9 Å². The molecule has 1 aromatic carbocycles. The normalized spacial score (nSPS) is 31.1. The SMILES string of the molecule is CCOC(=O)c1ccc(NC(=O)[C@@H](C)NC(=O)[C@H]2O[C@@H]3OC(C)(C)O[C@@H]3[C@H]3OC(C)(C)O[C@H]32)cc1. The minimum Gasteiger partial charge on any atom is -0.462 e. The van der Waals surface area contributed by atoms with Gasteiger partial charge >= 0.3 is 5.97 Å². The van der Waals surface area contributed by atoms with Crippen LogP contribution < -0.4 is 10.6 Å². The summed E-state index contributed by atoms with van der Waals surface area (Å²) in [6.45, 7) is 10.6. The molecule has 3 fully saturated rings. The molecule has 35 heavy (non-hydrogen) atoms. The van der Waals surface area contributed by atoms with Crippen LogP contribution in [0.5, 0.6) is 0 Å². The first kappa shape index (κ1) is 25.5. The van der Waals surface area contributed by atoms with Crippen molar-refractivity contribution >= 4 is 23.5 Å². The Morgan fingerprint density at radius 1 is 0.943 bits per heavy atom. The van der Waals surface area contributed by atoms with E-state index in [0.717, 1.165) is 0 Å². The lowest BCUT2D eigenvalue weighted by Crippen LogP contribution is -2.60. The summed E-state index contributed by atoms with van der Waals surface area (Å²) >= 11 is 0. The highest BCUT2D eigenvalue weighted by Crippen LogP contribution is 2.44. The number of fused-ring (bicyclic) bond motifs is 3. The van der Waals surface area contributed by atoms with Crippen LogP contribution in [0.3, 0.4) is 0 Å². The maximum atomic E-state index is 13.2. The van der Waals surface area contributed by atoms with Gasteiger partial charge < -0.3 is 39.1 Å².